The molecule has 0 bridgehead atoms. The summed E-state index contributed by atoms with van der Waals surface area (Å²) in [6.07, 6.45) is 6.32. The maximum atomic E-state index is 5.62. The maximum absolute atomic E-state index is 5.62. The smallest absolute Gasteiger partial charge is 0.161 e. The lowest BCUT2D eigenvalue weighted by molar-refractivity contribution is 0.171. The fourth-order valence-electron chi connectivity index (χ4n) is 2.73. The van der Waals surface area contributed by atoms with Gasteiger partial charge in [-0.2, -0.15) is 0 Å². The molecule has 2 rings (SSSR count). The minimum absolute atomic E-state index is 0.657. The molecule has 1 aliphatic rings. The quantitative estimate of drug-likeness (QED) is 0.702. The minimum atomic E-state index is 0.657. The molecular weight excluding hydrogens is 262 g/mol. The fourth-order valence-corrected chi connectivity index (χ4v) is 2.73. The van der Waals surface area contributed by atoms with E-state index >= 15 is 0 Å². The highest BCUT2D eigenvalue weighted by Gasteiger charge is 2.11. The lowest BCUT2D eigenvalue weighted by Gasteiger charge is -2.19. The summed E-state index contributed by atoms with van der Waals surface area (Å²) in [4.78, 5) is 0. The number of ether oxygens (including phenoxy) is 2. The van der Waals surface area contributed by atoms with Crippen LogP contribution < -0.4 is 14.8 Å². The van der Waals surface area contributed by atoms with Crippen LogP contribution in [0.2, 0.25) is 0 Å². The van der Waals surface area contributed by atoms with Gasteiger partial charge in [-0.3, -0.25) is 0 Å². The van der Waals surface area contributed by atoms with E-state index in [1.807, 2.05) is 6.07 Å². The summed E-state index contributed by atoms with van der Waals surface area (Å²) in [5.74, 6) is 2.60. The van der Waals surface area contributed by atoms with Gasteiger partial charge in [0.05, 0.1) is 0 Å². The average Bonchev–Trinajstić information content (AvgIpc) is 2.54. The minimum Gasteiger partial charge on any atom is -0.486 e. The molecule has 1 aromatic carbocycles. The van der Waals surface area contributed by atoms with Crippen molar-refractivity contribution in [2.24, 2.45) is 5.92 Å². The second-order valence-corrected chi connectivity index (χ2v) is 5.85. The molecule has 21 heavy (non-hydrogen) atoms. The van der Waals surface area contributed by atoms with Crippen molar-refractivity contribution in [3.8, 4) is 11.5 Å². The van der Waals surface area contributed by atoms with Crippen molar-refractivity contribution in [2.75, 3.05) is 26.3 Å². The van der Waals surface area contributed by atoms with Gasteiger partial charge in [-0.25, -0.2) is 0 Å². The van der Waals surface area contributed by atoms with Crippen LogP contribution in [0.15, 0.2) is 18.2 Å². The van der Waals surface area contributed by atoms with E-state index in [1.54, 1.807) is 0 Å². The highest BCUT2D eigenvalue weighted by atomic mass is 16.6. The molecule has 1 heterocycles. The number of hydrogen-bond donors (Lipinski definition) is 1. The molecule has 0 aliphatic carbocycles. The monoisotopic (exact) mass is 291 g/mol. The largest absolute Gasteiger partial charge is 0.486 e. The molecule has 3 heteroatoms. The molecule has 0 saturated heterocycles. The van der Waals surface area contributed by atoms with Gasteiger partial charge in [-0.15, -0.1) is 0 Å². The Morgan fingerprint density at radius 1 is 1.14 bits per heavy atom. The van der Waals surface area contributed by atoms with Crippen molar-refractivity contribution in [2.45, 2.75) is 46.0 Å². The Morgan fingerprint density at radius 3 is 2.71 bits per heavy atom. The van der Waals surface area contributed by atoms with Gasteiger partial charge >= 0.3 is 0 Å². The van der Waals surface area contributed by atoms with Crippen molar-refractivity contribution in [3.05, 3.63) is 23.8 Å². The van der Waals surface area contributed by atoms with Crippen molar-refractivity contribution in [1.82, 2.24) is 5.32 Å². The Morgan fingerprint density at radius 2 is 1.95 bits per heavy atom. The second kappa shape index (κ2) is 8.93. The lowest BCUT2D eigenvalue weighted by atomic mass is 9.99. The zero-order valence-electron chi connectivity index (χ0n) is 13.5. The Balaban J connectivity index is 1.71. The lowest BCUT2D eigenvalue weighted by Crippen LogP contribution is -2.24. The van der Waals surface area contributed by atoms with Crippen LogP contribution in [0.1, 0.15) is 45.1 Å². The van der Waals surface area contributed by atoms with Gasteiger partial charge in [-0.05, 0) is 49.5 Å². The predicted octanol–water partition coefficient (Wildman–Crippen LogP) is 3.81. The highest BCUT2D eigenvalue weighted by Crippen LogP contribution is 2.30. The summed E-state index contributed by atoms with van der Waals surface area (Å²) in [5, 5.41) is 3.60. The van der Waals surface area contributed by atoms with Gasteiger partial charge in [0.15, 0.2) is 11.5 Å². The summed E-state index contributed by atoms with van der Waals surface area (Å²) < 4.78 is 11.2. The molecule has 0 saturated carbocycles. The number of unbranched alkanes of at least 4 members (excludes halogenated alkanes) is 1. The number of fused-ring (bicyclic) bond motifs is 1. The summed E-state index contributed by atoms with van der Waals surface area (Å²) in [6.45, 7) is 8.04. The van der Waals surface area contributed by atoms with Gasteiger partial charge in [0, 0.05) is 0 Å². The molecule has 1 aromatic rings. The fraction of sp³-hybridized carbons (Fsp3) is 0.667. The van der Waals surface area contributed by atoms with Crippen LogP contribution in [0.4, 0.5) is 0 Å². The highest BCUT2D eigenvalue weighted by molar-refractivity contribution is 5.43. The molecule has 118 valence electrons. The molecule has 0 spiro atoms. The van der Waals surface area contributed by atoms with Crippen molar-refractivity contribution >= 4 is 0 Å². The van der Waals surface area contributed by atoms with E-state index in [0.717, 1.165) is 36.9 Å². The molecule has 0 radical (unpaired) electrons. The Hall–Kier alpha value is -1.22. The van der Waals surface area contributed by atoms with Crippen molar-refractivity contribution < 1.29 is 9.47 Å². The van der Waals surface area contributed by atoms with E-state index in [0.29, 0.717) is 13.2 Å². The summed E-state index contributed by atoms with van der Waals surface area (Å²) in [6, 6.07) is 6.29. The first-order valence-electron chi connectivity index (χ1n) is 8.42. The van der Waals surface area contributed by atoms with Gasteiger partial charge in [0.25, 0.3) is 0 Å². The molecule has 0 amide bonds. The van der Waals surface area contributed by atoms with Crippen LogP contribution in [0.5, 0.6) is 11.5 Å². The van der Waals surface area contributed by atoms with E-state index < -0.39 is 0 Å². The van der Waals surface area contributed by atoms with E-state index in [2.05, 4.69) is 31.3 Å². The number of benzene rings is 1. The SMILES string of the molecule is CCCCC(CC)CNCCc1ccc2c(c1)OCCO2. The Bertz CT molecular complexity index is 420. The Kier molecular flexibility index (Phi) is 6.87. The first-order valence-corrected chi connectivity index (χ1v) is 8.42. The summed E-state index contributed by atoms with van der Waals surface area (Å²) >= 11 is 0. The topological polar surface area (TPSA) is 30.5 Å². The van der Waals surface area contributed by atoms with Crippen molar-refractivity contribution in [1.29, 1.82) is 0 Å². The number of hydrogen-bond acceptors (Lipinski definition) is 3. The van der Waals surface area contributed by atoms with Gasteiger partial charge < -0.3 is 14.8 Å². The second-order valence-electron chi connectivity index (χ2n) is 5.85. The summed E-state index contributed by atoms with van der Waals surface area (Å²) in [5.41, 5.74) is 1.31. The maximum Gasteiger partial charge on any atom is 0.161 e. The molecule has 1 atom stereocenters. The Labute approximate surface area is 129 Å². The van der Waals surface area contributed by atoms with E-state index in [-0.39, 0.29) is 0 Å². The number of nitrogens with one attached hydrogen (secondary N) is 1. The normalized spacial score (nSPS) is 15.0. The van der Waals surface area contributed by atoms with E-state index in [4.69, 9.17) is 9.47 Å². The molecule has 0 aromatic heterocycles. The molecular formula is C18H29NO2. The summed E-state index contributed by atoms with van der Waals surface area (Å²) in [7, 11) is 0. The van der Waals surface area contributed by atoms with E-state index in [9.17, 15) is 0 Å². The molecule has 1 N–H and O–H groups in total. The third kappa shape index (κ3) is 5.24. The van der Waals surface area contributed by atoms with E-state index in [1.165, 1.54) is 31.2 Å². The van der Waals surface area contributed by atoms with Crippen LogP contribution in [0.3, 0.4) is 0 Å². The molecule has 3 nitrogen and oxygen atoms in total. The standard InChI is InChI=1S/C18H29NO2/c1-3-5-6-15(4-2)14-19-10-9-16-7-8-17-18(13-16)21-12-11-20-17/h7-8,13,15,19H,3-6,9-12,14H2,1-2H3. The predicted molar refractivity (Wildman–Crippen MR) is 87.3 cm³/mol. The zero-order valence-corrected chi connectivity index (χ0v) is 13.5. The first kappa shape index (κ1) is 16.2. The van der Waals surface area contributed by atoms with Crippen LogP contribution in [0.25, 0.3) is 0 Å². The third-order valence-corrected chi connectivity index (χ3v) is 4.17. The van der Waals surface area contributed by atoms with Crippen LogP contribution in [0, 0.1) is 5.92 Å². The zero-order chi connectivity index (χ0) is 14.9. The molecule has 0 fully saturated rings. The molecule has 1 unspecified atom stereocenters. The van der Waals surface area contributed by atoms with Gasteiger partial charge in [-0.1, -0.05) is 39.2 Å². The van der Waals surface area contributed by atoms with Crippen LogP contribution in [-0.2, 0) is 6.42 Å². The van der Waals surface area contributed by atoms with Crippen molar-refractivity contribution in [3.63, 3.8) is 0 Å². The van der Waals surface area contributed by atoms with Crippen LogP contribution in [-0.4, -0.2) is 26.3 Å². The average molecular weight is 291 g/mol. The van der Waals surface area contributed by atoms with Gasteiger partial charge in [0.2, 0.25) is 0 Å². The first-order chi connectivity index (χ1) is 10.3. The van der Waals surface area contributed by atoms with Gasteiger partial charge in [0.1, 0.15) is 13.2 Å². The molecule has 1 aliphatic heterocycles. The van der Waals surface area contributed by atoms with Crippen LogP contribution >= 0.6 is 0 Å². The third-order valence-electron chi connectivity index (χ3n) is 4.17. The number of rotatable bonds is 9.